The Morgan fingerprint density at radius 2 is 2.00 bits per heavy atom. The van der Waals surface area contributed by atoms with Gasteiger partial charge in [-0.3, -0.25) is 0 Å². The maximum Gasteiger partial charge on any atom is 0.0406 e. The van der Waals surface area contributed by atoms with Gasteiger partial charge in [0.2, 0.25) is 0 Å². The molecule has 0 aliphatic carbocycles. The van der Waals surface area contributed by atoms with Gasteiger partial charge in [-0.1, -0.05) is 29.3 Å². The van der Waals surface area contributed by atoms with Crippen LogP contribution in [0.25, 0.3) is 0 Å². The summed E-state index contributed by atoms with van der Waals surface area (Å²) in [7, 11) is 2.01. The van der Waals surface area contributed by atoms with Gasteiger partial charge in [0.1, 0.15) is 0 Å². The standard InChI is InChI=1S/C14H20ClN/c1-11(2)4-9-14(16-3)10-12-5-7-13(15)8-6-12/h5-8,14,16H,1,4,9-10H2,2-3H3. The Morgan fingerprint density at radius 3 is 2.50 bits per heavy atom. The van der Waals surface area contributed by atoms with Crippen LogP contribution in [-0.2, 0) is 6.42 Å². The minimum atomic E-state index is 0.512. The molecule has 0 bridgehead atoms. The zero-order chi connectivity index (χ0) is 12.0. The van der Waals surface area contributed by atoms with Crippen LogP contribution >= 0.6 is 11.6 Å². The average molecular weight is 238 g/mol. The highest BCUT2D eigenvalue weighted by atomic mass is 35.5. The fourth-order valence-corrected chi connectivity index (χ4v) is 1.80. The van der Waals surface area contributed by atoms with E-state index < -0.39 is 0 Å². The summed E-state index contributed by atoms with van der Waals surface area (Å²) in [5.41, 5.74) is 2.57. The fraction of sp³-hybridized carbons (Fsp3) is 0.429. The van der Waals surface area contributed by atoms with E-state index in [1.165, 1.54) is 11.1 Å². The second-order valence-corrected chi connectivity index (χ2v) is 4.75. The maximum absolute atomic E-state index is 5.86. The predicted octanol–water partition coefficient (Wildman–Crippen LogP) is 3.83. The van der Waals surface area contributed by atoms with Gasteiger partial charge in [0.15, 0.2) is 0 Å². The van der Waals surface area contributed by atoms with Crippen molar-refractivity contribution in [1.29, 1.82) is 0 Å². The third-order valence-electron chi connectivity index (χ3n) is 2.72. The Labute approximate surface area is 104 Å². The molecule has 0 aliphatic rings. The van der Waals surface area contributed by atoms with Crippen LogP contribution in [0.15, 0.2) is 36.4 Å². The number of hydrogen-bond donors (Lipinski definition) is 1. The molecule has 88 valence electrons. The number of benzene rings is 1. The SMILES string of the molecule is C=C(C)CCC(Cc1ccc(Cl)cc1)NC. The smallest absolute Gasteiger partial charge is 0.0406 e. The van der Waals surface area contributed by atoms with Crippen molar-refractivity contribution in [2.45, 2.75) is 32.2 Å². The van der Waals surface area contributed by atoms with Crippen LogP contribution in [0.4, 0.5) is 0 Å². The molecule has 0 amide bonds. The predicted molar refractivity (Wildman–Crippen MR) is 72.1 cm³/mol. The lowest BCUT2D eigenvalue weighted by molar-refractivity contribution is 0.519. The molecule has 0 spiro atoms. The molecular weight excluding hydrogens is 218 g/mol. The normalized spacial score (nSPS) is 12.4. The van der Waals surface area contributed by atoms with Crippen LogP contribution in [0.2, 0.25) is 5.02 Å². The lowest BCUT2D eigenvalue weighted by atomic mass is 10.0. The zero-order valence-corrected chi connectivity index (χ0v) is 10.8. The third kappa shape index (κ3) is 4.82. The summed E-state index contributed by atoms with van der Waals surface area (Å²) in [4.78, 5) is 0. The second-order valence-electron chi connectivity index (χ2n) is 4.31. The molecule has 0 radical (unpaired) electrons. The average Bonchev–Trinajstić information content (AvgIpc) is 2.26. The molecule has 1 nitrogen and oxygen atoms in total. The van der Waals surface area contributed by atoms with Crippen molar-refractivity contribution < 1.29 is 0 Å². The minimum absolute atomic E-state index is 0.512. The molecule has 0 saturated carbocycles. The van der Waals surface area contributed by atoms with E-state index in [4.69, 9.17) is 11.6 Å². The van der Waals surface area contributed by atoms with Crippen LogP contribution in [0.1, 0.15) is 25.3 Å². The number of hydrogen-bond acceptors (Lipinski definition) is 1. The summed E-state index contributed by atoms with van der Waals surface area (Å²) in [5, 5.41) is 4.14. The molecular formula is C14H20ClN. The molecule has 2 heteroatoms. The molecule has 0 heterocycles. The highest BCUT2D eigenvalue weighted by Crippen LogP contribution is 2.13. The van der Waals surface area contributed by atoms with Gasteiger partial charge >= 0.3 is 0 Å². The summed E-state index contributed by atoms with van der Waals surface area (Å²) in [6.07, 6.45) is 3.26. The summed E-state index contributed by atoms with van der Waals surface area (Å²) >= 11 is 5.86. The van der Waals surface area contributed by atoms with Crippen molar-refractivity contribution >= 4 is 11.6 Å². The molecule has 1 N–H and O–H groups in total. The van der Waals surface area contributed by atoms with Crippen LogP contribution in [0.3, 0.4) is 0 Å². The molecule has 0 saturated heterocycles. The quantitative estimate of drug-likeness (QED) is 0.742. The van der Waals surface area contributed by atoms with Gasteiger partial charge in [-0.25, -0.2) is 0 Å². The van der Waals surface area contributed by atoms with Crippen molar-refractivity contribution in [3.05, 3.63) is 47.0 Å². The van der Waals surface area contributed by atoms with Gasteiger partial charge in [0.25, 0.3) is 0 Å². The number of nitrogens with one attached hydrogen (secondary N) is 1. The van der Waals surface area contributed by atoms with E-state index in [0.29, 0.717) is 6.04 Å². The number of rotatable bonds is 6. The number of halogens is 1. The molecule has 1 atom stereocenters. The van der Waals surface area contributed by atoms with Crippen LogP contribution in [0, 0.1) is 0 Å². The van der Waals surface area contributed by atoms with Crippen LogP contribution in [-0.4, -0.2) is 13.1 Å². The molecule has 16 heavy (non-hydrogen) atoms. The van der Waals surface area contributed by atoms with E-state index in [1.807, 2.05) is 19.2 Å². The first-order valence-electron chi connectivity index (χ1n) is 5.68. The summed E-state index contributed by atoms with van der Waals surface area (Å²) in [6, 6.07) is 8.59. The van der Waals surface area contributed by atoms with E-state index in [2.05, 4.69) is 31.0 Å². The van der Waals surface area contributed by atoms with Gasteiger partial charge in [-0.15, -0.1) is 6.58 Å². The number of likely N-dealkylation sites (N-methyl/N-ethyl adjacent to an activating group) is 1. The van der Waals surface area contributed by atoms with Gasteiger partial charge < -0.3 is 5.32 Å². The molecule has 0 fully saturated rings. The Morgan fingerprint density at radius 1 is 1.38 bits per heavy atom. The Hall–Kier alpha value is -0.790. The van der Waals surface area contributed by atoms with E-state index in [0.717, 1.165) is 24.3 Å². The molecule has 0 aromatic heterocycles. The van der Waals surface area contributed by atoms with Crippen molar-refractivity contribution in [2.24, 2.45) is 0 Å². The Bertz CT molecular complexity index is 329. The first kappa shape index (κ1) is 13.3. The van der Waals surface area contributed by atoms with Crippen molar-refractivity contribution in [2.75, 3.05) is 7.05 Å². The largest absolute Gasteiger partial charge is 0.317 e. The lowest BCUT2D eigenvalue weighted by Gasteiger charge is -2.16. The summed E-state index contributed by atoms with van der Waals surface area (Å²) < 4.78 is 0. The summed E-state index contributed by atoms with van der Waals surface area (Å²) in [6.45, 7) is 6.01. The highest BCUT2D eigenvalue weighted by molar-refractivity contribution is 6.30. The van der Waals surface area contributed by atoms with Gasteiger partial charge in [0, 0.05) is 11.1 Å². The second kappa shape index (κ2) is 6.72. The molecule has 1 rings (SSSR count). The molecule has 1 unspecified atom stereocenters. The minimum Gasteiger partial charge on any atom is -0.317 e. The van der Waals surface area contributed by atoms with Gasteiger partial charge in [-0.05, 0) is 50.9 Å². The van der Waals surface area contributed by atoms with Gasteiger partial charge in [-0.2, -0.15) is 0 Å². The van der Waals surface area contributed by atoms with Crippen molar-refractivity contribution in [3.8, 4) is 0 Å². The summed E-state index contributed by atoms with van der Waals surface area (Å²) in [5.74, 6) is 0. The van der Waals surface area contributed by atoms with Crippen molar-refractivity contribution in [3.63, 3.8) is 0 Å². The first-order chi connectivity index (χ1) is 7.61. The lowest BCUT2D eigenvalue weighted by Crippen LogP contribution is -2.27. The number of allylic oxidation sites excluding steroid dienone is 1. The highest BCUT2D eigenvalue weighted by Gasteiger charge is 2.06. The fourth-order valence-electron chi connectivity index (χ4n) is 1.67. The van der Waals surface area contributed by atoms with E-state index in [9.17, 15) is 0 Å². The first-order valence-corrected chi connectivity index (χ1v) is 6.05. The van der Waals surface area contributed by atoms with E-state index in [1.54, 1.807) is 0 Å². The topological polar surface area (TPSA) is 12.0 Å². The van der Waals surface area contributed by atoms with Crippen LogP contribution < -0.4 is 5.32 Å². The molecule has 0 aliphatic heterocycles. The molecule has 1 aromatic carbocycles. The van der Waals surface area contributed by atoms with Crippen molar-refractivity contribution in [1.82, 2.24) is 5.32 Å². The Balaban J connectivity index is 2.49. The third-order valence-corrected chi connectivity index (χ3v) is 2.98. The maximum atomic E-state index is 5.86. The molecule has 1 aromatic rings. The Kier molecular flexibility index (Phi) is 5.58. The van der Waals surface area contributed by atoms with E-state index >= 15 is 0 Å². The van der Waals surface area contributed by atoms with E-state index in [-0.39, 0.29) is 0 Å². The van der Waals surface area contributed by atoms with Gasteiger partial charge in [0.05, 0.1) is 0 Å². The zero-order valence-electron chi connectivity index (χ0n) is 10.1. The monoisotopic (exact) mass is 237 g/mol. The van der Waals surface area contributed by atoms with Crippen LogP contribution in [0.5, 0.6) is 0 Å².